The van der Waals surface area contributed by atoms with Gasteiger partial charge in [0.15, 0.2) is 6.29 Å². The van der Waals surface area contributed by atoms with Gasteiger partial charge in [-0.1, -0.05) is 5.21 Å². The Hall–Kier alpha value is -1.23. The van der Waals surface area contributed by atoms with Crippen molar-refractivity contribution in [2.24, 2.45) is 5.92 Å². The maximum absolute atomic E-state index is 10.7. The van der Waals surface area contributed by atoms with Crippen molar-refractivity contribution in [3.05, 3.63) is 11.4 Å². The number of methoxy groups -OCH3 is 1. The van der Waals surface area contributed by atoms with Crippen molar-refractivity contribution in [3.8, 4) is 0 Å². The standard InChI is InChI=1S/C10H15N3O2/c1-15-5-4-10-9(7-14)11-12-13(10)6-8-2-3-8/h7-8H,2-6H2,1H3. The van der Waals surface area contributed by atoms with E-state index in [1.807, 2.05) is 4.68 Å². The highest BCUT2D eigenvalue weighted by molar-refractivity contribution is 5.73. The first-order valence-corrected chi connectivity index (χ1v) is 5.21. The van der Waals surface area contributed by atoms with Crippen molar-refractivity contribution in [2.75, 3.05) is 13.7 Å². The average Bonchev–Trinajstić information content (AvgIpc) is 2.97. The molecule has 0 amide bonds. The predicted molar refractivity (Wildman–Crippen MR) is 53.7 cm³/mol. The molecule has 1 saturated carbocycles. The molecule has 1 aromatic rings. The van der Waals surface area contributed by atoms with Crippen LogP contribution in [-0.4, -0.2) is 35.0 Å². The quantitative estimate of drug-likeness (QED) is 0.647. The van der Waals surface area contributed by atoms with E-state index >= 15 is 0 Å². The molecule has 1 aromatic heterocycles. The molecule has 1 aliphatic carbocycles. The molecule has 0 atom stereocenters. The number of carbonyl (C=O) groups excluding carboxylic acids is 1. The summed E-state index contributed by atoms with van der Waals surface area (Å²) < 4.78 is 6.85. The van der Waals surface area contributed by atoms with Crippen LogP contribution in [0.1, 0.15) is 29.0 Å². The Kier molecular flexibility index (Phi) is 3.11. The molecule has 15 heavy (non-hydrogen) atoms. The fourth-order valence-electron chi connectivity index (χ4n) is 1.59. The van der Waals surface area contributed by atoms with E-state index in [2.05, 4.69) is 10.3 Å². The normalized spacial score (nSPS) is 15.5. The Morgan fingerprint density at radius 3 is 3.00 bits per heavy atom. The predicted octanol–water partition coefficient (Wildman–Crippen LogP) is 0.689. The van der Waals surface area contributed by atoms with Crippen molar-refractivity contribution in [3.63, 3.8) is 0 Å². The van der Waals surface area contributed by atoms with E-state index in [1.54, 1.807) is 7.11 Å². The summed E-state index contributed by atoms with van der Waals surface area (Å²) in [4.78, 5) is 10.7. The highest BCUT2D eigenvalue weighted by Crippen LogP contribution is 2.30. The SMILES string of the molecule is COCCc1c(C=O)nnn1CC1CC1. The average molecular weight is 209 g/mol. The van der Waals surface area contributed by atoms with Crippen LogP contribution in [0, 0.1) is 5.92 Å². The smallest absolute Gasteiger partial charge is 0.172 e. The lowest BCUT2D eigenvalue weighted by atomic mass is 10.2. The molecule has 0 N–H and O–H groups in total. The molecule has 0 spiro atoms. The van der Waals surface area contributed by atoms with E-state index in [4.69, 9.17) is 4.74 Å². The molecular formula is C10H15N3O2. The lowest BCUT2D eigenvalue weighted by Crippen LogP contribution is -2.10. The van der Waals surface area contributed by atoms with Crippen molar-refractivity contribution < 1.29 is 9.53 Å². The second-order valence-corrected chi connectivity index (χ2v) is 3.91. The van der Waals surface area contributed by atoms with Gasteiger partial charge in [0.1, 0.15) is 5.69 Å². The molecule has 0 saturated heterocycles. The lowest BCUT2D eigenvalue weighted by molar-refractivity contribution is 0.111. The summed E-state index contributed by atoms with van der Waals surface area (Å²) in [5, 5.41) is 7.86. The molecule has 0 aliphatic heterocycles. The van der Waals surface area contributed by atoms with Gasteiger partial charge in [-0.2, -0.15) is 0 Å². The van der Waals surface area contributed by atoms with Crippen LogP contribution < -0.4 is 0 Å². The summed E-state index contributed by atoms with van der Waals surface area (Å²) >= 11 is 0. The van der Waals surface area contributed by atoms with Gasteiger partial charge in [0.25, 0.3) is 0 Å². The third-order valence-corrected chi connectivity index (χ3v) is 2.65. The van der Waals surface area contributed by atoms with Crippen LogP contribution in [0.4, 0.5) is 0 Å². The van der Waals surface area contributed by atoms with Gasteiger partial charge in [-0.25, -0.2) is 4.68 Å². The molecule has 1 fully saturated rings. The van der Waals surface area contributed by atoms with Gasteiger partial charge in [-0.15, -0.1) is 5.10 Å². The van der Waals surface area contributed by atoms with Gasteiger partial charge in [0.05, 0.1) is 12.3 Å². The van der Waals surface area contributed by atoms with Crippen LogP contribution in [0.25, 0.3) is 0 Å². The Morgan fingerprint density at radius 1 is 1.60 bits per heavy atom. The molecule has 5 heteroatoms. The monoisotopic (exact) mass is 209 g/mol. The Balaban J connectivity index is 2.11. The fraction of sp³-hybridized carbons (Fsp3) is 0.700. The van der Waals surface area contributed by atoms with Crippen LogP contribution in [0.3, 0.4) is 0 Å². The van der Waals surface area contributed by atoms with Crippen molar-refractivity contribution in [2.45, 2.75) is 25.8 Å². The number of carbonyl (C=O) groups is 1. The maximum Gasteiger partial charge on any atom is 0.172 e. The van der Waals surface area contributed by atoms with Gasteiger partial charge >= 0.3 is 0 Å². The van der Waals surface area contributed by atoms with Crippen molar-refractivity contribution in [1.82, 2.24) is 15.0 Å². The number of rotatable bonds is 6. The lowest BCUT2D eigenvalue weighted by Gasteiger charge is -2.04. The fourth-order valence-corrected chi connectivity index (χ4v) is 1.59. The summed E-state index contributed by atoms with van der Waals surface area (Å²) in [7, 11) is 1.65. The Morgan fingerprint density at radius 2 is 2.40 bits per heavy atom. The summed E-state index contributed by atoms with van der Waals surface area (Å²) in [6, 6.07) is 0. The topological polar surface area (TPSA) is 57.0 Å². The number of aldehydes is 1. The minimum atomic E-state index is 0.452. The van der Waals surface area contributed by atoms with Gasteiger partial charge in [-0.05, 0) is 18.8 Å². The minimum absolute atomic E-state index is 0.452. The molecule has 0 bridgehead atoms. The molecule has 1 heterocycles. The van der Waals surface area contributed by atoms with E-state index in [0.717, 1.165) is 24.4 Å². The van der Waals surface area contributed by atoms with Gasteiger partial charge in [0, 0.05) is 20.1 Å². The minimum Gasteiger partial charge on any atom is -0.384 e. The first-order valence-electron chi connectivity index (χ1n) is 5.21. The number of hydrogen-bond donors (Lipinski definition) is 0. The van der Waals surface area contributed by atoms with E-state index in [9.17, 15) is 4.79 Å². The zero-order chi connectivity index (χ0) is 10.7. The third kappa shape index (κ3) is 2.41. The zero-order valence-corrected chi connectivity index (χ0v) is 8.85. The Labute approximate surface area is 88.4 Å². The third-order valence-electron chi connectivity index (χ3n) is 2.65. The van der Waals surface area contributed by atoms with Gasteiger partial charge < -0.3 is 4.74 Å². The number of hydrogen-bond acceptors (Lipinski definition) is 4. The molecule has 5 nitrogen and oxygen atoms in total. The molecule has 0 unspecified atom stereocenters. The molecule has 2 rings (SSSR count). The maximum atomic E-state index is 10.7. The molecule has 1 aliphatic rings. The number of aromatic nitrogens is 3. The summed E-state index contributed by atoms with van der Waals surface area (Å²) in [5.41, 5.74) is 1.35. The van der Waals surface area contributed by atoms with Crippen molar-refractivity contribution in [1.29, 1.82) is 0 Å². The zero-order valence-electron chi connectivity index (χ0n) is 8.85. The van der Waals surface area contributed by atoms with Crippen molar-refractivity contribution >= 4 is 6.29 Å². The van der Waals surface area contributed by atoms with Crippen LogP contribution in [0.15, 0.2) is 0 Å². The van der Waals surface area contributed by atoms with Gasteiger partial charge in [-0.3, -0.25) is 4.79 Å². The second-order valence-electron chi connectivity index (χ2n) is 3.91. The molecular weight excluding hydrogens is 194 g/mol. The first kappa shape index (κ1) is 10.3. The number of ether oxygens (including phenoxy) is 1. The largest absolute Gasteiger partial charge is 0.384 e. The molecule has 82 valence electrons. The summed E-state index contributed by atoms with van der Waals surface area (Å²) in [6.45, 7) is 1.48. The summed E-state index contributed by atoms with van der Waals surface area (Å²) in [5.74, 6) is 0.729. The van der Waals surface area contributed by atoms with E-state index < -0.39 is 0 Å². The Bertz CT molecular complexity index is 344. The van der Waals surface area contributed by atoms with Crippen LogP contribution >= 0.6 is 0 Å². The van der Waals surface area contributed by atoms with Gasteiger partial charge in [0.2, 0.25) is 0 Å². The van der Waals surface area contributed by atoms with Crippen LogP contribution in [-0.2, 0) is 17.7 Å². The van der Waals surface area contributed by atoms with Crippen LogP contribution in [0.2, 0.25) is 0 Å². The highest BCUT2D eigenvalue weighted by atomic mass is 16.5. The van der Waals surface area contributed by atoms with E-state index in [0.29, 0.717) is 18.7 Å². The molecule has 0 radical (unpaired) electrons. The molecule has 0 aromatic carbocycles. The first-order chi connectivity index (χ1) is 7.35. The van der Waals surface area contributed by atoms with E-state index in [1.165, 1.54) is 12.8 Å². The highest BCUT2D eigenvalue weighted by Gasteiger charge is 2.24. The van der Waals surface area contributed by atoms with E-state index in [-0.39, 0.29) is 0 Å². The summed E-state index contributed by atoms with van der Waals surface area (Å²) in [6.07, 6.45) is 3.99. The number of nitrogens with zero attached hydrogens (tertiary/aromatic N) is 3. The van der Waals surface area contributed by atoms with Crippen LogP contribution in [0.5, 0.6) is 0 Å². The second kappa shape index (κ2) is 4.53.